The predicted octanol–water partition coefficient (Wildman–Crippen LogP) is 2.60. The van der Waals surface area contributed by atoms with Gasteiger partial charge in [0.2, 0.25) is 0 Å². The summed E-state index contributed by atoms with van der Waals surface area (Å²) in [5, 5.41) is 0. The number of carbonyl (C=O) groups is 1. The molecule has 0 saturated carbocycles. The molecule has 0 N–H and O–H groups in total. The molecule has 0 spiro atoms. The van der Waals surface area contributed by atoms with Crippen molar-refractivity contribution in [2.24, 2.45) is 0 Å². The van der Waals surface area contributed by atoms with E-state index in [1.807, 2.05) is 18.2 Å². The third-order valence-corrected chi connectivity index (χ3v) is 3.98. The van der Waals surface area contributed by atoms with Crippen LogP contribution in [0.3, 0.4) is 0 Å². The molecule has 0 radical (unpaired) electrons. The highest BCUT2D eigenvalue weighted by Crippen LogP contribution is 2.14. The largest absolute Gasteiger partial charge is 0.497 e. The Hall–Kier alpha value is -2.34. The first kappa shape index (κ1) is 17.0. The van der Waals surface area contributed by atoms with Crippen LogP contribution in [0.2, 0.25) is 0 Å². The molecular weight excluding hydrogens is 316 g/mol. The maximum atomic E-state index is 12.0. The minimum atomic E-state index is -3.09. The molecule has 0 saturated heterocycles. The number of benzene rings is 2. The first-order chi connectivity index (χ1) is 10.9. The first-order valence-corrected chi connectivity index (χ1v) is 9.00. The van der Waals surface area contributed by atoms with E-state index in [2.05, 4.69) is 0 Å². The number of methoxy groups -OCH3 is 1. The number of hydrogen-bond donors (Lipinski definition) is 0. The van der Waals surface area contributed by atoms with E-state index in [0.29, 0.717) is 16.9 Å². The predicted molar refractivity (Wildman–Crippen MR) is 87.1 cm³/mol. The quantitative estimate of drug-likeness (QED) is 0.760. The fraction of sp³-hybridized carbons (Fsp3) is 0.235. The van der Waals surface area contributed by atoms with Crippen LogP contribution in [-0.2, 0) is 26.9 Å². The van der Waals surface area contributed by atoms with Crippen molar-refractivity contribution >= 4 is 15.8 Å². The van der Waals surface area contributed by atoms with Crippen LogP contribution in [0.15, 0.2) is 48.5 Å². The molecule has 5 nitrogen and oxygen atoms in total. The lowest BCUT2D eigenvalue weighted by Gasteiger charge is -2.07. The minimum Gasteiger partial charge on any atom is -0.497 e. The van der Waals surface area contributed by atoms with E-state index in [-0.39, 0.29) is 12.4 Å². The molecule has 0 aliphatic heterocycles. The van der Waals surface area contributed by atoms with E-state index in [4.69, 9.17) is 9.47 Å². The standard InChI is InChI=1S/C17H18O5S/c1-21-16-5-3-4-14(10-16)11-22-17(18)15-8-6-13(7-9-15)12-23(2,19)20/h3-10H,11-12H2,1-2H3. The van der Waals surface area contributed by atoms with Gasteiger partial charge < -0.3 is 9.47 Å². The van der Waals surface area contributed by atoms with Crippen molar-refractivity contribution in [3.05, 3.63) is 65.2 Å². The SMILES string of the molecule is COc1cccc(COC(=O)c2ccc(CS(C)(=O)=O)cc2)c1. The summed E-state index contributed by atoms with van der Waals surface area (Å²) >= 11 is 0. The van der Waals surface area contributed by atoms with Gasteiger partial charge in [-0.3, -0.25) is 0 Å². The fourth-order valence-corrected chi connectivity index (χ4v) is 2.83. The van der Waals surface area contributed by atoms with E-state index in [1.165, 1.54) is 6.26 Å². The van der Waals surface area contributed by atoms with Crippen LogP contribution in [-0.4, -0.2) is 27.8 Å². The van der Waals surface area contributed by atoms with Crippen molar-refractivity contribution in [1.82, 2.24) is 0 Å². The third-order valence-electron chi connectivity index (χ3n) is 3.12. The van der Waals surface area contributed by atoms with Crippen LogP contribution in [0, 0.1) is 0 Å². The van der Waals surface area contributed by atoms with Gasteiger partial charge in [0, 0.05) is 6.26 Å². The Labute approximate surface area is 135 Å². The van der Waals surface area contributed by atoms with Crippen LogP contribution in [0.25, 0.3) is 0 Å². The molecule has 2 aromatic rings. The van der Waals surface area contributed by atoms with E-state index >= 15 is 0 Å². The first-order valence-electron chi connectivity index (χ1n) is 6.94. The van der Waals surface area contributed by atoms with Gasteiger partial charge in [-0.2, -0.15) is 0 Å². The number of ether oxygens (including phenoxy) is 2. The zero-order valence-corrected chi connectivity index (χ0v) is 13.8. The Balaban J connectivity index is 1.97. The molecule has 0 fully saturated rings. The molecule has 0 amide bonds. The van der Waals surface area contributed by atoms with Crippen LogP contribution in [0.1, 0.15) is 21.5 Å². The van der Waals surface area contributed by atoms with Crippen LogP contribution < -0.4 is 4.74 Å². The molecule has 0 heterocycles. The van der Waals surface area contributed by atoms with E-state index in [1.54, 1.807) is 37.4 Å². The molecule has 122 valence electrons. The molecule has 0 unspecified atom stereocenters. The highest BCUT2D eigenvalue weighted by molar-refractivity contribution is 7.89. The van der Waals surface area contributed by atoms with Gasteiger partial charge in [0.15, 0.2) is 9.84 Å². The number of rotatable bonds is 6. The molecule has 2 aromatic carbocycles. The van der Waals surface area contributed by atoms with Crippen molar-refractivity contribution in [3.63, 3.8) is 0 Å². The van der Waals surface area contributed by atoms with Gasteiger partial charge in [-0.15, -0.1) is 0 Å². The van der Waals surface area contributed by atoms with Crippen LogP contribution in [0.5, 0.6) is 5.75 Å². The van der Waals surface area contributed by atoms with Gasteiger partial charge in [0.25, 0.3) is 0 Å². The summed E-state index contributed by atoms with van der Waals surface area (Å²) in [4.78, 5) is 12.0. The van der Waals surface area contributed by atoms with Gasteiger partial charge in [0.1, 0.15) is 12.4 Å². The van der Waals surface area contributed by atoms with E-state index < -0.39 is 15.8 Å². The van der Waals surface area contributed by atoms with Crippen molar-refractivity contribution in [2.45, 2.75) is 12.4 Å². The second kappa shape index (κ2) is 7.28. The third kappa shape index (κ3) is 5.41. The molecule has 6 heteroatoms. The summed E-state index contributed by atoms with van der Waals surface area (Å²) in [7, 11) is -1.52. The van der Waals surface area contributed by atoms with Crippen LogP contribution >= 0.6 is 0 Å². The smallest absolute Gasteiger partial charge is 0.338 e. The summed E-state index contributed by atoms with van der Waals surface area (Å²) in [6.45, 7) is 0.140. The lowest BCUT2D eigenvalue weighted by Crippen LogP contribution is -2.06. The number of sulfone groups is 1. The van der Waals surface area contributed by atoms with E-state index in [9.17, 15) is 13.2 Å². The highest BCUT2D eigenvalue weighted by Gasteiger charge is 2.09. The summed E-state index contributed by atoms with van der Waals surface area (Å²) in [6, 6.07) is 13.6. The maximum Gasteiger partial charge on any atom is 0.338 e. The Morgan fingerprint density at radius 2 is 1.74 bits per heavy atom. The maximum absolute atomic E-state index is 12.0. The normalized spacial score (nSPS) is 11.0. The summed E-state index contributed by atoms with van der Waals surface area (Å²) in [5.74, 6) is 0.189. The number of carbonyl (C=O) groups excluding carboxylic acids is 1. The topological polar surface area (TPSA) is 69.7 Å². The average molecular weight is 334 g/mol. The second-order valence-electron chi connectivity index (χ2n) is 5.19. The molecule has 0 bridgehead atoms. The van der Waals surface area contributed by atoms with Crippen LogP contribution in [0.4, 0.5) is 0 Å². The van der Waals surface area contributed by atoms with Gasteiger partial charge in [0.05, 0.1) is 18.4 Å². The fourth-order valence-electron chi connectivity index (χ4n) is 2.03. The Kier molecular flexibility index (Phi) is 5.39. The summed E-state index contributed by atoms with van der Waals surface area (Å²) in [6.07, 6.45) is 1.17. The number of esters is 1. The highest BCUT2D eigenvalue weighted by atomic mass is 32.2. The molecule has 0 atom stereocenters. The lowest BCUT2D eigenvalue weighted by molar-refractivity contribution is 0.0472. The molecular formula is C17H18O5S. The Morgan fingerprint density at radius 3 is 2.35 bits per heavy atom. The molecule has 2 rings (SSSR count). The monoisotopic (exact) mass is 334 g/mol. The molecule has 0 aliphatic rings. The van der Waals surface area contributed by atoms with Gasteiger partial charge >= 0.3 is 5.97 Å². The Morgan fingerprint density at radius 1 is 1.04 bits per heavy atom. The van der Waals surface area contributed by atoms with Gasteiger partial charge in [-0.25, -0.2) is 13.2 Å². The average Bonchev–Trinajstić information content (AvgIpc) is 2.52. The lowest BCUT2D eigenvalue weighted by atomic mass is 10.1. The minimum absolute atomic E-state index is 0.0495. The molecule has 23 heavy (non-hydrogen) atoms. The zero-order valence-electron chi connectivity index (χ0n) is 13.0. The van der Waals surface area contributed by atoms with Gasteiger partial charge in [-0.1, -0.05) is 24.3 Å². The summed E-state index contributed by atoms with van der Waals surface area (Å²) in [5.41, 5.74) is 1.84. The summed E-state index contributed by atoms with van der Waals surface area (Å²) < 4.78 is 32.8. The van der Waals surface area contributed by atoms with Crippen molar-refractivity contribution in [2.75, 3.05) is 13.4 Å². The van der Waals surface area contributed by atoms with Gasteiger partial charge in [-0.05, 0) is 35.4 Å². The van der Waals surface area contributed by atoms with Crippen molar-refractivity contribution in [1.29, 1.82) is 0 Å². The molecule has 0 aromatic heterocycles. The number of hydrogen-bond acceptors (Lipinski definition) is 5. The molecule has 0 aliphatic carbocycles. The van der Waals surface area contributed by atoms with E-state index in [0.717, 1.165) is 5.56 Å². The van der Waals surface area contributed by atoms with Crippen molar-refractivity contribution in [3.8, 4) is 5.75 Å². The van der Waals surface area contributed by atoms with Crippen molar-refractivity contribution < 1.29 is 22.7 Å². The second-order valence-corrected chi connectivity index (χ2v) is 7.33. The Bertz CT molecular complexity index is 779. The zero-order chi connectivity index (χ0) is 16.9.